The largest absolute Gasteiger partial charge is 0.361 e. The van der Waals surface area contributed by atoms with Gasteiger partial charge in [0.1, 0.15) is 6.17 Å². The number of nitrogens with one attached hydrogen (secondary N) is 2. The maximum Gasteiger partial charge on any atom is 0.218 e. The topological polar surface area (TPSA) is 67.2 Å². The van der Waals surface area contributed by atoms with Crippen molar-refractivity contribution in [2.75, 3.05) is 0 Å². The number of allylic oxidation sites excluding steroid dienone is 1. The first-order chi connectivity index (χ1) is 11.4. The van der Waals surface area contributed by atoms with Gasteiger partial charge in [-0.2, -0.15) is 0 Å². The molecular weight excluding hydrogens is 298 g/mol. The Balaban J connectivity index is 2.16. The quantitative estimate of drug-likeness (QED) is 0.752. The molecule has 4 heteroatoms. The number of hydrogen-bond donors (Lipinski definition) is 3. The molecule has 0 radical (unpaired) electrons. The highest BCUT2D eigenvalue weighted by atomic mass is 16.1. The molecule has 130 valence electrons. The molecule has 0 aliphatic carbocycles. The van der Waals surface area contributed by atoms with Crippen LogP contribution in [-0.4, -0.2) is 18.1 Å². The number of amides is 1. The van der Waals surface area contributed by atoms with E-state index in [1.54, 1.807) is 0 Å². The van der Waals surface area contributed by atoms with Crippen LogP contribution in [0.25, 0.3) is 5.70 Å². The molecule has 2 atom stereocenters. The Labute approximate surface area is 145 Å². The number of nitrogens with two attached hydrogens (primary N) is 1. The first-order valence-corrected chi connectivity index (χ1v) is 8.67. The van der Waals surface area contributed by atoms with Crippen molar-refractivity contribution in [1.29, 1.82) is 0 Å². The van der Waals surface area contributed by atoms with E-state index in [0.29, 0.717) is 0 Å². The Kier molecular flexibility index (Phi) is 6.21. The van der Waals surface area contributed by atoms with Crippen LogP contribution in [0.3, 0.4) is 0 Å². The Bertz CT molecular complexity index is 659. The molecule has 1 heterocycles. The van der Waals surface area contributed by atoms with Crippen LogP contribution in [0.15, 0.2) is 35.9 Å². The maximum atomic E-state index is 11.4. The van der Waals surface area contributed by atoms with Crippen molar-refractivity contribution < 1.29 is 4.79 Å². The lowest BCUT2D eigenvalue weighted by Gasteiger charge is -2.16. The van der Waals surface area contributed by atoms with Gasteiger partial charge in [0.2, 0.25) is 5.91 Å². The van der Waals surface area contributed by atoms with Gasteiger partial charge in [0.15, 0.2) is 0 Å². The first-order valence-electron chi connectivity index (χ1n) is 8.67. The van der Waals surface area contributed by atoms with E-state index in [1.807, 2.05) is 13.0 Å². The second kappa shape index (κ2) is 8.15. The fourth-order valence-corrected chi connectivity index (χ4v) is 3.06. The molecule has 1 unspecified atom stereocenters. The second-order valence-electron chi connectivity index (χ2n) is 6.70. The van der Waals surface area contributed by atoms with Gasteiger partial charge in [-0.15, -0.1) is 0 Å². The van der Waals surface area contributed by atoms with E-state index in [2.05, 4.69) is 48.8 Å². The van der Waals surface area contributed by atoms with Crippen molar-refractivity contribution >= 4 is 11.6 Å². The Hall–Kier alpha value is -2.07. The molecule has 2 rings (SSSR count). The number of carbonyl (C=O) groups is 1. The third-order valence-corrected chi connectivity index (χ3v) is 4.20. The number of carbonyl (C=O) groups excluding carboxylic acids is 1. The molecule has 1 aliphatic heterocycles. The van der Waals surface area contributed by atoms with Crippen LogP contribution in [0.1, 0.15) is 50.3 Å². The maximum absolute atomic E-state index is 11.4. The summed E-state index contributed by atoms with van der Waals surface area (Å²) in [6.45, 7) is 7.70. The van der Waals surface area contributed by atoms with Gasteiger partial charge in [0, 0.05) is 18.7 Å². The molecular formula is C20H29N3O. The first kappa shape index (κ1) is 18.3. The summed E-state index contributed by atoms with van der Waals surface area (Å²) in [6.07, 6.45) is 7.17. The standard InChI is InChI=1S/C20H29N3O/c1-5-17-12-19(23-20(17)22-15(4)24)18-10-13(2)9-16(11-18)8-6-7-14(3)21/h5,9-12,14,20,23H,6-8,21H2,1-4H3,(H,22,24)/b17-5-/t14-,20?/m0/s1. The zero-order valence-corrected chi connectivity index (χ0v) is 15.1. The van der Waals surface area contributed by atoms with Crippen molar-refractivity contribution in [2.24, 2.45) is 5.73 Å². The molecule has 1 aromatic rings. The fraction of sp³-hybridized carbons (Fsp3) is 0.450. The van der Waals surface area contributed by atoms with Gasteiger partial charge in [0.25, 0.3) is 0 Å². The molecule has 1 aromatic carbocycles. The molecule has 0 bridgehead atoms. The van der Waals surface area contributed by atoms with Crippen LogP contribution in [0.5, 0.6) is 0 Å². The summed E-state index contributed by atoms with van der Waals surface area (Å²) in [5.74, 6) is -0.0395. The minimum atomic E-state index is -0.149. The van der Waals surface area contributed by atoms with E-state index < -0.39 is 0 Å². The molecule has 0 spiro atoms. The number of benzene rings is 1. The van der Waals surface area contributed by atoms with Crippen molar-refractivity contribution in [3.8, 4) is 0 Å². The zero-order chi connectivity index (χ0) is 17.7. The van der Waals surface area contributed by atoms with Crippen molar-refractivity contribution in [3.05, 3.63) is 52.6 Å². The molecule has 0 saturated carbocycles. The Morgan fingerprint density at radius 3 is 2.79 bits per heavy atom. The van der Waals surface area contributed by atoms with Gasteiger partial charge in [0.05, 0.1) is 0 Å². The van der Waals surface area contributed by atoms with Gasteiger partial charge in [-0.25, -0.2) is 0 Å². The van der Waals surface area contributed by atoms with Crippen molar-refractivity contribution in [3.63, 3.8) is 0 Å². The summed E-state index contributed by atoms with van der Waals surface area (Å²) in [4.78, 5) is 11.4. The summed E-state index contributed by atoms with van der Waals surface area (Å²) >= 11 is 0. The van der Waals surface area contributed by atoms with Gasteiger partial charge < -0.3 is 16.4 Å². The normalized spacial score (nSPS) is 19.8. The zero-order valence-electron chi connectivity index (χ0n) is 15.1. The SMILES string of the molecule is C/C=C1/C=C(c2cc(C)cc(CCC[C@H](C)N)c2)NC1NC(C)=O. The lowest BCUT2D eigenvalue weighted by atomic mass is 9.99. The molecule has 1 aliphatic rings. The van der Waals surface area contributed by atoms with E-state index in [1.165, 1.54) is 18.1 Å². The van der Waals surface area contributed by atoms with Crippen LogP contribution < -0.4 is 16.4 Å². The number of aryl methyl sites for hydroxylation is 2. The van der Waals surface area contributed by atoms with Gasteiger partial charge in [-0.05, 0) is 74.9 Å². The molecule has 4 nitrogen and oxygen atoms in total. The third kappa shape index (κ3) is 4.96. The highest BCUT2D eigenvalue weighted by Crippen LogP contribution is 2.25. The van der Waals surface area contributed by atoms with E-state index in [4.69, 9.17) is 5.73 Å². The average Bonchev–Trinajstić information content (AvgIpc) is 2.88. The predicted molar refractivity (Wildman–Crippen MR) is 100 cm³/mol. The fourth-order valence-electron chi connectivity index (χ4n) is 3.06. The van der Waals surface area contributed by atoms with E-state index in [0.717, 1.165) is 36.1 Å². The monoisotopic (exact) mass is 327 g/mol. The van der Waals surface area contributed by atoms with Crippen molar-refractivity contribution in [1.82, 2.24) is 10.6 Å². The average molecular weight is 327 g/mol. The minimum absolute atomic E-state index is 0.0395. The van der Waals surface area contributed by atoms with Gasteiger partial charge >= 0.3 is 0 Å². The van der Waals surface area contributed by atoms with Crippen LogP contribution >= 0.6 is 0 Å². The Morgan fingerprint density at radius 2 is 2.17 bits per heavy atom. The van der Waals surface area contributed by atoms with Crippen LogP contribution in [-0.2, 0) is 11.2 Å². The molecule has 1 amide bonds. The smallest absolute Gasteiger partial charge is 0.218 e. The van der Waals surface area contributed by atoms with E-state index in [9.17, 15) is 4.79 Å². The summed E-state index contributed by atoms with van der Waals surface area (Å²) < 4.78 is 0. The highest BCUT2D eigenvalue weighted by molar-refractivity contribution is 5.77. The number of hydrogen-bond acceptors (Lipinski definition) is 3. The minimum Gasteiger partial charge on any atom is -0.361 e. The number of rotatable bonds is 6. The summed E-state index contributed by atoms with van der Waals surface area (Å²) in [6, 6.07) is 6.90. The summed E-state index contributed by atoms with van der Waals surface area (Å²) in [7, 11) is 0. The van der Waals surface area contributed by atoms with Crippen LogP contribution in [0.2, 0.25) is 0 Å². The molecule has 4 N–H and O–H groups in total. The Morgan fingerprint density at radius 1 is 1.42 bits per heavy atom. The van der Waals surface area contributed by atoms with Gasteiger partial charge in [-0.3, -0.25) is 4.79 Å². The molecule has 0 aromatic heterocycles. The predicted octanol–water partition coefficient (Wildman–Crippen LogP) is 3.02. The van der Waals surface area contributed by atoms with E-state index in [-0.39, 0.29) is 18.1 Å². The van der Waals surface area contributed by atoms with Gasteiger partial charge in [-0.1, -0.05) is 17.7 Å². The van der Waals surface area contributed by atoms with Crippen LogP contribution in [0.4, 0.5) is 0 Å². The lowest BCUT2D eigenvalue weighted by molar-refractivity contribution is -0.119. The lowest BCUT2D eigenvalue weighted by Crippen LogP contribution is -2.41. The van der Waals surface area contributed by atoms with Crippen molar-refractivity contribution in [2.45, 2.75) is 59.2 Å². The third-order valence-electron chi connectivity index (χ3n) is 4.20. The molecule has 0 fully saturated rings. The van der Waals surface area contributed by atoms with Crippen LogP contribution in [0, 0.1) is 6.92 Å². The van der Waals surface area contributed by atoms with E-state index >= 15 is 0 Å². The highest BCUT2D eigenvalue weighted by Gasteiger charge is 2.22. The second-order valence-corrected chi connectivity index (χ2v) is 6.70. The summed E-state index contributed by atoms with van der Waals surface area (Å²) in [5, 5.41) is 6.34. The molecule has 24 heavy (non-hydrogen) atoms. The molecule has 0 saturated heterocycles. The summed E-state index contributed by atoms with van der Waals surface area (Å²) in [5.41, 5.74) is 11.7.